The zero-order valence-corrected chi connectivity index (χ0v) is 15.3. The van der Waals surface area contributed by atoms with Gasteiger partial charge in [0.1, 0.15) is 0 Å². The standard InChI is InChI=1S/C19H18Cl2N2O2/c1-12-2-5-16(21)9-17(12)23-11-14(8-18(23)24)19(25)22-10-13-3-6-15(20)7-4-13/h2-7,9,14H,8,10-11H2,1H3,(H,22,25). The van der Waals surface area contributed by atoms with Gasteiger partial charge in [-0.1, -0.05) is 41.4 Å². The number of halogens is 2. The summed E-state index contributed by atoms with van der Waals surface area (Å²) in [6.07, 6.45) is 0.207. The zero-order chi connectivity index (χ0) is 18.0. The summed E-state index contributed by atoms with van der Waals surface area (Å²) < 4.78 is 0. The molecule has 6 heteroatoms. The fourth-order valence-electron chi connectivity index (χ4n) is 2.93. The Bertz CT molecular complexity index is 806. The summed E-state index contributed by atoms with van der Waals surface area (Å²) in [6, 6.07) is 12.7. The second-order valence-electron chi connectivity index (χ2n) is 6.18. The summed E-state index contributed by atoms with van der Waals surface area (Å²) in [5.74, 6) is -0.541. The van der Waals surface area contributed by atoms with Crippen molar-refractivity contribution in [3.63, 3.8) is 0 Å². The van der Waals surface area contributed by atoms with E-state index in [2.05, 4.69) is 5.32 Å². The second-order valence-corrected chi connectivity index (χ2v) is 7.05. The third kappa shape index (κ3) is 4.14. The SMILES string of the molecule is Cc1ccc(Cl)cc1N1CC(C(=O)NCc2ccc(Cl)cc2)CC1=O. The first-order chi connectivity index (χ1) is 11.9. The Kier molecular flexibility index (Phi) is 5.30. The van der Waals surface area contributed by atoms with E-state index >= 15 is 0 Å². The molecule has 0 aliphatic carbocycles. The van der Waals surface area contributed by atoms with E-state index in [4.69, 9.17) is 23.2 Å². The van der Waals surface area contributed by atoms with Crippen molar-refractivity contribution in [3.05, 3.63) is 63.6 Å². The first-order valence-electron chi connectivity index (χ1n) is 8.02. The van der Waals surface area contributed by atoms with Crippen molar-refractivity contribution in [3.8, 4) is 0 Å². The van der Waals surface area contributed by atoms with E-state index in [9.17, 15) is 9.59 Å². The number of carbonyl (C=O) groups excluding carboxylic acids is 2. The van der Waals surface area contributed by atoms with E-state index in [0.717, 1.165) is 16.8 Å². The molecule has 130 valence electrons. The molecule has 1 aliphatic rings. The average molecular weight is 377 g/mol. The van der Waals surface area contributed by atoms with Crippen LogP contribution in [0, 0.1) is 12.8 Å². The van der Waals surface area contributed by atoms with Crippen molar-refractivity contribution in [2.75, 3.05) is 11.4 Å². The molecule has 0 aromatic heterocycles. The molecular weight excluding hydrogens is 359 g/mol. The molecule has 0 radical (unpaired) electrons. The number of rotatable bonds is 4. The van der Waals surface area contributed by atoms with Gasteiger partial charge in [-0.25, -0.2) is 0 Å². The van der Waals surface area contributed by atoms with Crippen molar-refractivity contribution >= 4 is 40.7 Å². The maximum absolute atomic E-state index is 12.4. The number of carbonyl (C=O) groups is 2. The lowest BCUT2D eigenvalue weighted by Gasteiger charge is -2.19. The topological polar surface area (TPSA) is 49.4 Å². The summed E-state index contributed by atoms with van der Waals surface area (Å²) in [4.78, 5) is 26.4. The predicted molar refractivity (Wildman–Crippen MR) is 99.9 cm³/mol. The van der Waals surface area contributed by atoms with Crippen LogP contribution < -0.4 is 10.2 Å². The van der Waals surface area contributed by atoms with E-state index in [0.29, 0.717) is 23.1 Å². The molecule has 1 unspecified atom stereocenters. The molecule has 4 nitrogen and oxygen atoms in total. The predicted octanol–water partition coefficient (Wildman–Crippen LogP) is 3.97. The quantitative estimate of drug-likeness (QED) is 0.877. The number of hydrogen-bond acceptors (Lipinski definition) is 2. The van der Waals surface area contributed by atoms with Crippen molar-refractivity contribution in [1.82, 2.24) is 5.32 Å². The Morgan fingerprint density at radius 1 is 1.16 bits per heavy atom. The first kappa shape index (κ1) is 17.8. The van der Waals surface area contributed by atoms with Crippen LogP contribution in [-0.4, -0.2) is 18.4 Å². The van der Waals surface area contributed by atoms with E-state index in [1.165, 1.54) is 0 Å². The number of benzene rings is 2. The number of hydrogen-bond donors (Lipinski definition) is 1. The molecule has 0 bridgehead atoms. The van der Waals surface area contributed by atoms with E-state index < -0.39 is 0 Å². The Balaban J connectivity index is 1.64. The van der Waals surface area contributed by atoms with Crippen molar-refractivity contribution in [2.45, 2.75) is 19.9 Å². The van der Waals surface area contributed by atoms with Crippen LogP contribution in [0.25, 0.3) is 0 Å². The molecule has 25 heavy (non-hydrogen) atoms. The molecule has 0 saturated carbocycles. The zero-order valence-electron chi connectivity index (χ0n) is 13.8. The van der Waals surface area contributed by atoms with Gasteiger partial charge >= 0.3 is 0 Å². The van der Waals surface area contributed by atoms with E-state index in [-0.39, 0.29) is 24.2 Å². The summed E-state index contributed by atoms with van der Waals surface area (Å²) in [5, 5.41) is 4.12. The first-order valence-corrected chi connectivity index (χ1v) is 8.78. The Morgan fingerprint density at radius 3 is 2.56 bits per heavy atom. The van der Waals surface area contributed by atoms with Crippen molar-refractivity contribution < 1.29 is 9.59 Å². The van der Waals surface area contributed by atoms with Gasteiger partial charge in [0.15, 0.2) is 0 Å². The average Bonchev–Trinajstić information content (AvgIpc) is 2.98. The van der Waals surface area contributed by atoms with Gasteiger partial charge < -0.3 is 10.2 Å². The highest BCUT2D eigenvalue weighted by Crippen LogP contribution is 2.30. The number of nitrogens with one attached hydrogen (secondary N) is 1. The molecule has 1 fully saturated rings. The molecule has 1 aliphatic heterocycles. The fourth-order valence-corrected chi connectivity index (χ4v) is 3.22. The van der Waals surface area contributed by atoms with Gasteiger partial charge in [-0.3, -0.25) is 9.59 Å². The second kappa shape index (κ2) is 7.46. The number of amides is 2. The third-order valence-corrected chi connectivity index (χ3v) is 4.82. The van der Waals surface area contributed by atoms with Crippen molar-refractivity contribution in [1.29, 1.82) is 0 Å². The normalized spacial score (nSPS) is 17.0. The molecule has 3 rings (SSSR count). The number of anilines is 1. The highest BCUT2D eigenvalue weighted by atomic mass is 35.5. The van der Waals surface area contributed by atoms with Crippen LogP contribution in [0.15, 0.2) is 42.5 Å². The molecule has 1 saturated heterocycles. The molecule has 1 atom stereocenters. The van der Waals surface area contributed by atoms with Crippen LogP contribution in [0.1, 0.15) is 17.5 Å². The smallest absolute Gasteiger partial charge is 0.227 e. The van der Waals surface area contributed by atoms with Crippen LogP contribution in [0.5, 0.6) is 0 Å². The molecular formula is C19H18Cl2N2O2. The van der Waals surface area contributed by atoms with Crippen LogP contribution in [-0.2, 0) is 16.1 Å². The van der Waals surface area contributed by atoms with Crippen LogP contribution in [0.3, 0.4) is 0 Å². The minimum Gasteiger partial charge on any atom is -0.352 e. The van der Waals surface area contributed by atoms with Gasteiger partial charge in [0.05, 0.1) is 5.92 Å². The van der Waals surface area contributed by atoms with Crippen LogP contribution in [0.4, 0.5) is 5.69 Å². The maximum atomic E-state index is 12.4. The summed E-state index contributed by atoms with van der Waals surface area (Å²) in [7, 11) is 0. The monoisotopic (exact) mass is 376 g/mol. The molecule has 1 heterocycles. The van der Waals surface area contributed by atoms with Gasteiger partial charge in [0, 0.05) is 35.2 Å². The number of aryl methyl sites for hydroxylation is 1. The Hall–Kier alpha value is -2.04. The van der Waals surface area contributed by atoms with Gasteiger partial charge in [-0.15, -0.1) is 0 Å². The molecule has 2 aromatic rings. The van der Waals surface area contributed by atoms with Gasteiger partial charge in [-0.2, -0.15) is 0 Å². The summed E-state index contributed by atoms with van der Waals surface area (Å²) in [6.45, 7) is 2.70. The fraction of sp³-hybridized carbons (Fsp3) is 0.263. The molecule has 2 amide bonds. The summed E-state index contributed by atoms with van der Waals surface area (Å²) >= 11 is 11.9. The van der Waals surface area contributed by atoms with Gasteiger partial charge in [-0.05, 0) is 42.3 Å². The lowest BCUT2D eigenvalue weighted by Crippen LogP contribution is -2.32. The highest BCUT2D eigenvalue weighted by molar-refractivity contribution is 6.31. The highest BCUT2D eigenvalue weighted by Gasteiger charge is 2.35. The largest absolute Gasteiger partial charge is 0.352 e. The van der Waals surface area contributed by atoms with Crippen molar-refractivity contribution in [2.24, 2.45) is 5.92 Å². The van der Waals surface area contributed by atoms with Gasteiger partial charge in [0.2, 0.25) is 11.8 Å². The number of nitrogens with zero attached hydrogens (tertiary/aromatic N) is 1. The minimum atomic E-state index is -0.363. The van der Waals surface area contributed by atoms with E-state index in [1.54, 1.807) is 29.2 Å². The van der Waals surface area contributed by atoms with Gasteiger partial charge in [0.25, 0.3) is 0 Å². The summed E-state index contributed by atoms with van der Waals surface area (Å²) in [5.41, 5.74) is 2.69. The molecule has 1 N–H and O–H groups in total. The lowest BCUT2D eigenvalue weighted by atomic mass is 10.1. The Labute approximate surface area is 156 Å². The van der Waals surface area contributed by atoms with E-state index in [1.807, 2.05) is 25.1 Å². The maximum Gasteiger partial charge on any atom is 0.227 e. The van der Waals surface area contributed by atoms with Crippen LogP contribution >= 0.6 is 23.2 Å². The minimum absolute atomic E-state index is 0.0583. The molecule has 0 spiro atoms. The Morgan fingerprint density at radius 2 is 1.84 bits per heavy atom. The lowest BCUT2D eigenvalue weighted by molar-refractivity contribution is -0.126. The van der Waals surface area contributed by atoms with Crippen LogP contribution in [0.2, 0.25) is 10.0 Å². The third-order valence-electron chi connectivity index (χ3n) is 4.34. The molecule has 2 aromatic carbocycles.